The molecule has 2 rings (SSSR count). The molecule has 1 aliphatic heterocycles. The van der Waals surface area contributed by atoms with Gasteiger partial charge in [-0.3, -0.25) is 4.79 Å². The normalized spacial score (nSPS) is 25.5. The van der Waals surface area contributed by atoms with Gasteiger partial charge in [0, 0.05) is 13.1 Å². The first-order valence-electron chi connectivity index (χ1n) is 6.33. The highest BCUT2D eigenvalue weighted by molar-refractivity contribution is 5.82. The highest BCUT2D eigenvalue weighted by Crippen LogP contribution is 2.26. The topological polar surface area (TPSA) is 46.3 Å². The monoisotopic (exact) mass is 210 g/mol. The molecule has 2 fully saturated rings. The van der Waals surface area contributed by atoms with E-state index in [2.05, 4.69) is 0 Å². The van der Waals surface area contributed by atoms with Crippen LogP contribution in [-0.4, -0.2) is 29.9 Å². The molecule has 1 amide bonds. The zero-order valence-corrected chi connectivity index (χ0v) is 9.45. The minimum atomic E-state index is -0.219. The van der Waals surface area contributed by atoms with E-state index in [9.17, 15) is 4.79 Å². The summed E-state index contributed by atoms with van der Waals surface area (Å²) in [6, 6.07) is -0.219. The Morgan fingerprint density at radius 2 is 1.67 bits per heavy atom. The number of carbonyl (C=O) groups excluding carboxylic acids is 1. The maximum absolute atomic E-state index is 12.0. The number of rotatable bonds is 2. The van der Waals surface area contributed by atoms with Gasteiger partial charge in [0.25, 0.3) is 0 Å². The first-order chi connectivity index (χ1) is 7.29. The second-order valence-electron chi connectivity index (χ2n) is 4.96. The largest absolute Gasteiger partial charge is 0.341 e. The summed E-state index contributed by atoms with van der Waals surface area (Å²) in [6.07, 6.45) is 8.45. The van der Waals surface area contributed by atoms with Gasteiger partial charge in [0.1, 0.15) is 0 Å². The summed E-state index contributed by atoms with van der Waals surface area (Å²) in [5.74, 6) is 0.659. The Morgan fingerprint density at radius 1 is 1.07 bits per heavy atom. The summed E-state index contributed by atoms with van der Waals surface area (Å²) < 4.78 is 0. The Bertz CT molecular complexity index is 218. The van der Waals surface area contributed by atoms with Crippen molar-refractivity contribution < 1.29 is 4.79 Å². The zero-order valence-electron chi connectivity index (χ0n) is 9.45. The molecule has 1 atom stereocenters. The van der Waals surface area contributed by atoms with Crippen LogP contribution in [0.3, 0.4) is 0 Å². The molecule has 1 saturated heterocycles. The third-order valence-corrected chi connectivity index (χ3v) is 3.86. The zero-order chi connectivity index (χ0) is 10.7. The summed E-state index contributed by atoms with van der Waals surface area (Å²) in [7, 11) is 0. The molecule has 1 saturated carbocycles. The predicted molar refractivity (Wildman–Crippen MR) is 60.4 cm³/mol. The van der Waals surface area contributed by atoms with E-state index in [0.29, 0.717) is 5.92 Å². The van der Waals surface area contributed by atoms with E-state index in [1.807, 2.05) is 4.90 Å². The fraction of sp³-hybridized carbons (Fsp3) is 0.917. The minimum absolute atomic E-state index is 0.208. The molecule has 3 heteroatoms. The molecule has 0 aromatic rings. The van der Waals surface area contributed by atoms with Gasteiger partial charge in [0.2, 0.25) is 5.91 Å². The van der Waals surface area contributed by atoms with Gasteiger partial charge < -0.3 is 10.6 Å². The van der Waals surface area contributed by atoms with Crippen molar-refractivity contribution in [3.8, 4) is 0 Å². The first-order valence-corrected chi connectivity index (χ1v) is 6.33. The molecule has 15 heavy (non-hydrogen) atoms. The van der Waals surface area contributed by atoms with E-state index < -0.39 is 0 Å². The second kappa shape index (κ2) is 4.97. The Balaban J connectivity index is 1.87. The number of nitrogens with zero attached hydrogens (tertiary/aromatic N) is 1. The van der Waals surface area contributed by atoms with Crippen molar-refractivity contribution in [1.29, 1.82) is 0 Å². The van der Waals surface area contributed by atoms with Crippen LogP contribution < -0.4 is 5.73 Å². The van der Waals surface area contributed by atoms with Crippen molar-refractivity contribution in [3.05, 3.63) is 0 Å². The highest BCUT2D eigenvalue weighted by atomic mass is 16.2. The number of likely N-dealkylation sites (tertiary alicyclic amines) is 1. The van der Waals surface area contributed by atoms with Crippen LogP contribution >= 0.6 is 0 Å². The smallest absolute Gasteiger partial charge is 0.239 e. The lowest BCUT2D eigenvalue weighted by Crippen LogP contribution is -2.47. The van der Waals surface area contributed by atoms with E-state index in [1.165, 1.54) is 19.3 Å². The number of carbonyl (C=O) groups is 1. The maximum Gasteiger partial charge on any atom is 0.239 e. The van der Waals surface area contributed by atoms with E-state index in [4.69, 9.17) is 5.73 Å². The van der Waals surface area contributed by atoms with Crippen molar-refractivity contribution in [3.63, 3.8) is 0 Å². The molecule has 3 nitrogen and oxygen atoms in total. The number of hydrogen-bond acceptors (Lipinski definition) is 2. The van der Waals surface area contributed by atoms with E-state index in [0.717, 1.165) is 38.8 Å². The first kappa shape index (κ1) is 10.9. The number of hydrogen-bond donors (Lipinski definition) is 1. The predicted octanol–water partition coefficient (Wildman–Crippen LogP) is 1.52. The van der Waals surface area contributed by atoms with Crippen molar-refractivity contribution in [2.45, 2.75) is 51.0 Å². The van der Waals surface area contributed by atoms with Crippen LogP contribution in [0.1, 0.15) is 44.9 Å². The van der Waals surface area contributed by atoms with Gasteiger partial charge >= 0.3 is 0 Å². The van der Waals surface area contributed by atoms with Crippen LogP contribution in [0.2, 0.25) is 0 Å². The summed E-state index contributed by atoms with van der Waals surface area (Å²) >= 11 is 0. The lowest BCUT2D eigenvalue weighted by atomic mass is 9.84. The summed E-state index contributed by atoms with van der Waals surface area (Å²) in [4.78, 5) is 14.0. The molecule has 0 bridgehead atoms. The minimum Gasteiger partial charge on any atom is -0.341 e. The van der Waals surface area contributed by atoms with Gasteiger partial charge in [-0.15, -0.1) is 0 Å². The van der Waals surface area contributed by atoms with Gasteiger partial charge in [-0.1, -0.05) is 19.3 Å². The molecule has 2 aliphatic rings. The Morgan fingerprint density at radius 3 is 2.27 bits per heavy atom. The van der Waals surface area contributed by atoms with Crippen molar-refractivity contribution in [2.75, 3.05) is 13.1 Å². The van der Waals surface area contributed by atoms with Gasteiger partial charge in [-0.2, -0.15) is 0 Å². The van der Waals surface area contributed by atoms with Crippen molar-refractivity contribution >= 4 is 5.91 Å². The van der Waals surface area contributed by atoms with Crippen LogP contribution in [0, 0.1) is 5.92 Å². The molecular weight excluding hydrogens is 188 g/mol. The van der Waals surface area contributed by atoms with Crippen molar-refractivity contribution in [2.24, 2.45) is 11.7 Å². The van der Waals surface area contributed by atoms with Gasteiger partial charge in [0.05, 0.1) is 6.04 Å². The molecule has 2 N–H and O–H groups in total. The van der Waals surface area contributed by atoms with Crippen LogP contribution in [0.15, 0.2) is 0 Å². The SMILES string of the molecule is N[C@@H](C(=O)N1CCCC1)C1CCCCC1. The summed E-state index contributed by atoms with van der Waals surface area (Å²) in [5, 5.41) is 0. The van der Waals surface area contributed by atoms with Crippen LogP contribution in [-0.2, 0) is 4.79 Å². The van der Waals surface area contributed by atoms with Crippen LogP contribution in [0.5, 0.6) is 0 Å². The van der Waals surface area contributed by atoms with Crippen LogP contribution in [0.4, 0.5) is 0 Å². The Kier molecular flexibility index (Phi) is 3.62. The van der Waals surface area contributed by atoms with Gasteiger partial charge in [0.15, 0.2) is 0 Å². The lowest BCUT2D eigenvalue weighted by Gasteiger charge is -2.29. The standard InChI is InChI=1S/C12H22N2O/c13-11(10-6-2-1-3-7-10)12(15)14-8-4-5-9-14/h10-11H,1-9,13H2/t11-/m1/s1. The Hall–Kier alpha value is -0.570. The molecule has 86 valence electrons. The summed E-state index contributed by atoms with van der Waals surface area (Å²) in [5.41, 5.74) is 6.08. The highest BCUT2D eigenvalue weighted by Gasteiger charge is 2.30. The molecule has 1 aliphatic carbocycles. The van der Waals surface area contributed by atoms with E-state index in [1.54, 1.807) is 0 Å². The van der Waals surface area contributed by atoms with Crippen molar-refractivity contribution in [1.82, 2.24) is 4.90 Å². The average molecular weight is 210 g/mol. The van der Waals surface area contributed by atoms with E-state index in [-0.39, 0.29) is 11.9 Å². The van der Waals surface area contributed by atoms with Gasteiger partial charge in [-0.05, 0) is 31.6 Å². The molecule has 0 spiro atoms. The van der Waals surface area contributed by atoms with E-state index >= 15 is 0 Å². The molecule has 0 unspecified atom stereocenters. The third-order valence-electron chi connectivity index (χ3n) is 3.86. The molecule has 0 aromatic carbocycles. The third kappa shape index (κ3) is 2.51. The molecule has 0 aromatic heterocycles. The van der Waals surface area contributed by atoms with Crippen LogP contribution in [0.25, 0.3) is 0 Å². The fourth-order valence-electron chi connectivity index (χ4n) is 2.84. The molecule has 0 radical (unpaired) electrons. The quantitative estimate of drug-likeness (QED) is 0.751. The lowest BCUT2D eigenvalue weighted by molar-refractivity contribution is -0.133. The van der Waals surface area contributed by atoms with Gasteiger partial charge in [-0.25, -0.2) is 0 Å². The average Bonchev–Trinajstić information content (AvgIpc) is 2.82. The molecular formula is C12H22N2O. The Labute approximate surface area is 92.0 Å². The number of nitrogens with two attached hydrogens (primary N) is 1. The second-order valence-corrected chi connectivity index (χ2v) is 4.96. The molecule has 1 heterocycles. The maximum atomic E-state index is 12.0. The number of amides is 1. The summed E-state index contributed by atoms with van der Waals surface area (Å²) in [6.45, 7) is 1.86. The fourth-order valence-corrected chi connectivity index (χ4v) is 2.84.